The van der Waals surface area contributed by atoms with Crippen molar-refractivity contribution in [2.75, 3.05) is 0 Å². The molecule has 0 fully saturated rings. The maximum absolute atomic E-state index is 3.98. The van der Waals surface area contributed by atoms with E-state index < -0.39 is 0 Å². The summed E-state index contributed by atoms with van der Waals surface area (Å²) in [5, 5.41) is 0. The second kappa shape index (κ2) is 10.6. The molecule has 1 aromatic rings. The van der Waals surface area contributed by atoms with Crippen LogP contribution in [0.4, 0.5) is 5.69 Å². The Kier molecular flexibility index (Phi) is 11.6. The Morgan fingerprint density at radius 2 is 1.81 bits per heavy atom. The summed E-state index contributed by atoms with van der Waals surface area (Å²) in [4.78, 5) is 6.51. The highest BCUT2D eigenvalue weighted by Gasteiger charge is 2.05. The molecule has 0 N–H and O–H groups in total. The Morgan fingerprint density at radius 3 is 2.19 bits per heavy atom. The number of nitrogens with zero attached hydrogens (tertiary/aromatic N) is 1. The Morgan fingerprint density at radius 1 is 1.31 bits per heavy atom. The molecule has 1 rings (SSSR count). The summed E-state index contributed by atoms with van der Waals surface area (Å²) in [6.07, 6.45) is 2.10. The molecule has 1 heterocycles. The second-order valence-electron chi connectivity index (χ2n) is 2.70. The van der Waals surface area contributed by atoms with Crippen LogP contribution < -0.4 is 0 Å². The van der Waals surface area contributed by atoms with Gasteiger partial charge in [0.15, 0.2) is 0 Å². The van der Waals surface area contributed by atoms with Gasteiger partial charge in [0.05, 0.1) is 10.6 Å². The Labute approximate surface area is 105 Å². The Bertz CT molecular complexity index is 321. The third-order valence-electron chi connectivity index (χ3n) is 1.80. The topological polar surface area (TPSA) is 12.4 Å². The molecule has 0 aliphatic carbocycles. The number of hydrogen-bond donors (Lipinski definition) is 0. The van der Waals surface area contributed by atoms with E-state index in [9.17, 15) is 0 Å². The van der Waals surface area contributed by atoms with Crippen molar-refractivity contribution in [3.8, 4) is 0 Å². The van der Waals surface area contributed by atoms with Gasteiger partial charge in [-0.25, -0.2) is 0 Å². The molecule has 2 heteroatoms. The number of hydrogen-bond acceptors (Lipinski definition) is 2. The van der Waals surface area contributed by atoms with Gasteiger partial charge in [-0.3, -0.25) is 4.99 Å². The van der Waals surface area contributed by atoms with Gasteiger partial charge in [-0.05, 0) is 39.1 Å². The Balaban J connectivity index is 0. The maximum atomic E-state index is 3.98. The molecule has 0 aromatic carbocycles. The van der Waals surface area contributed by atoms with Crippen molar-refractivity contribution in [3.05, 3.63) is 21.9 Å². The molecule has 1 aromatic heterocycles. The fraction of sp³-hybridized carbons (Fsp3) is 0.500. The molecule has 0 saturated heterocycles. The average molecular weight is 239 g/mol. The predicted molar refractivity (Wildman–Crippen MR) is 80.3 cm³/mol. The zero-order valence-electron chi connectivity index (χ0n) is 11.7. The number of allylic oxidation sites excluding steroid dienone is 2. The van der Waals surface area contributed by atoms with E-state index in [2.05, 4.69) is 37.7 Å². The summed E-state index contributed by atoms with van der Waals surface area (Å²) in [6.45, 7) is 17.8. The van der Waals surface area contributed by atoms with Crippen LogP contribution in [-0.2, 0) is 0 Å². The minimum atomic E-state index is 1.01. The summed E-state index contributed by atoms with van der Waals surface area (Å²) in [5.41, 5.74) is 2.28. The van der Waals surface area contributed by atoms with Crippen molar-refractivity contribution in [2.24, 2.45) is 4.99 Å². The molecule has 0 spiro atoms. The monoisotopic (exact) mass is 239 g/mol. The van der Waals surface area contributed by atoms with Crippen LogP contribution in [0.1, 0.15) is 51.3 Å². The predicted octanol–water partition coefficient (Wildman–Crippen LogP) is 5.86. The van der Waals surface area contributed by atoms with Crippen LogP contribution in [0.15, 0.2) is 17.1 Å². The van der Waals surface area contributed by atoms with Crippen LogP contribution in [0.25, 0.3) is 5.57 Å². The first kappa shape index (κ1) is 17.5. The summed E-state index contributed by atoms with van der Waals surface area (Å²) < 4.78 is 0. The fourth-order valence-electron chi connectivity index (χ4n) is 1.03. The summed E-state index contributed by atoms with van der Waals surface area (Å²) in [5.74, 6) is 0. The lowest BCUT2D eigenvalue weighted by Crippen LogP contribution is -1.70. The zero-order chi connectivity index (χ0) is 13.1. The SMILES string of the molecule is C=Nc1cc(C)sc1/C(C)=C\C.CC.CC. The van der Waals surface area contributed by atoms with E-state index in [1.54, 1.807) is 11.3 Å². The number of aliphatic imine (C=N–C) groups is 1. The standard InChI is InChI=1S/C10H13NS.2C2H6/c1-5-7(2)10-9(11-4)6-8(3)12-10;2*1-2/h5-6H,4H2,1-3H3;2*1-2H3/b7-5-;;. The van der Waals surface area contributed by atoms with Crippen molar-refractivity contribution < 1.29 is 0 Å². The average Bonchev–Trinajstić information content (AvgIpc) is 2.74. The van der Waals surface area contributed by atoms with E-state index in [4.69, 9.17) is 0 Å². The lowest BCUT2D eigenvalue weighted by atomic mass is 10.2. The summed E-state index contributed by atoms with van der Waals surface area (Å²) >= 11 is 1.77. The van der Waals surface area contributed by atoms with E-state index in [0.29, 0.717) is 0 Å². The van der Waals surface area contributed by atoms with Crippen molar-refractivity contribution >= 4 is 29.3 Å². The molecule has 0 atom stereocenters. The highest BCUT2D eigenvalue weighted by molar-refractivity contribution is 7.13. The fourth-order valence-corrected chi connectivity index (χ4v) is 2.03. The van der Waals surface area contributed by atoms with Crippen molar-refractivity contribution in [2.45, 2.75) is 48.5 Å². The van der Waals surface area contributed by atoms with Gasteiger partial charge in [-0.1, -0.05) is 33.8 Å². The lowest BCUT2D eigenvalue weighted by molar-refractivity contribution is 1.50. The van der Waals surface area contributed by atoms with E-state index in [1.807, 2.05) is 34.6 Å². The number of aryl methyl sites for hydroxylation is 1. The molecule has 0 bridgehead atoms. The summed E-state index contributed by atoms with van der Waals surface area (Å²) in [6, 6.07) is 2.07. The normalized spacial score (nSPS) is 9.56. The molecule has 0 radical (unpaired) electrons. The molecule has 0 saturated carbocycles. The molecular formula is C14H25NS. The maximum Gasteiger partial charge on any atom is 0.0807 e. The third-order valence-corrected chi connectivity index (χ3v) is 2.97. The highest BCUT2D eigenvalue weighted by atomic mass is 32.1. The molecule has 0 unspecified atom stereocenters. The van der Waals surface area contributed by atoms with Crippen LogP contribution >= 0.6 is 11.3 Å². The first-order chi connectivity index (χ1) is 7.69. The van der Waals surface area contributed by atoms with Crippen molar-refractivity contribution in [3.63, 3.8) is 0 Å². The van der Waals surface area contributed by atoms with E-state index in [-0.39, 0.29) is 0 Å². The minimum absolute atomic E-state index is 1.01. The Hall–Kier alpha value is -0.890. The summed E-state index contributed by atoms with van der Waals surface area (Å²) in [7, 11) is 0. The van der Waals surface area contributed by atoms with Crippen molar-refractivity contribution in [1.29, 1.82) is 0 Å². The first-order valence-electron chi connectivity index (χ1n) is 5.89. The van der Waals surface area contributed by atoms with Crippen LogP contribution in [-0.4, -0.2) is 6.72 Å². The number of rotatable bonds is 2. The van der Waals surface area contributed by atoms with E-state index in [0.717, 1.165) is 5.69 Å². The van der Waals surface area contributed by atoms with E-state index >= 15 is 0 Å². The quantitative estimate of drug-likeness (QED) is 0.573. The molecule has 1 nitrogen and oxygen atoms in total. The first-order valence-corrected chi connectivity index (χ1v) is 6.71. The largest absolute Gasteiger partial charge is 0.263 e. The second-order valence-corrected chi connectivity index (χ2v) is 3.96. The molecule has 0 aliphatic rings. The van der Waals surface area contributed by atoms with Gasteiger partial charge in [-0.15, -0.1) is 11.3 Å². The molecule has 0 amide bonds. The van der Waals surface area contributed by atoms with Crippen molar-refractivity contribution in [1.82, 2.24) is 0 Å². The van der Waals surface area contributed by atoms with Gasteiger partial charge in [0.1, 0.15) is 0 Å². The lowest BCUT2D eigenvalue weighted by Gasteiger charge is -1.96. The van der Waals surface area contributed by atoms with Gasteiger partial charge in [0, 0.05) is 4.88 Å². The van der Waals surface area contributed by atoms with Gasteiger partial charge >= 0.3 is 0 Å². The van der Waals surface area contributed by atoms with E-state index in [1.165, 1.54) is 15.3 Å². The van der Waals surface area contributed by atoms with Gasteiger partial charge in [0.2, 0.25) is 0 Å². The molecule has 0 aliphatic heterocycles. The molecule has 92 valence electrons. The van der Waals surface area contributed by atoms with Gasteiger partial charge in [0.25, 0.3) is 0 Å². The minimum Gasteiger partial charge on any atom is -0.263 e. The molecular weight excluding hydrogens is 214 g/mol. The molecule has 16 heavy (non-hydrogen) atoms. The highest BCUT2D eigenvalue weighted by Crippen LogP contribution is 2.34. The third kappa shape index (κ3) is 5.26. The van der Waals surface area contributed by atoms with Gasteiger partial charge in [-0.2, -0.15) is 0 Å². The van der Waals surface area contributed by atoms with Crippen LogP contribution in [0.2, 0.25) is 0 Å². The van der Waals surface area contributed by atoms with Crippen LogP contribution in [0.3, 0.4) is 0 Å². The smallest absolute Gasteiger partial charge is 0.0807 e. The van der Waals surface area contributed by atoms with Gasteiger partial charge < -0.3 is 0 Å². The van der Waals surface area contributed by atoms with Crippen LogP contribution in [0, 0.1) is 6.92 Å². The zero-order valence-corrected chi connectivity index (χ0v) is 12.5. The number of thiophene rings is 1. The van der Waals surface area contributed by atoms with Crippen LogP contribution in [0.5, 0.6) is 0 Å².